The van der Waals surface area contributed by atoms with Gasteiger partial charge in [0.2, 0.25) is 0 Å². The molecule has 84 valence electrons. The second-order valence-electron chi connectivity index (χ2n) is 2.77. The zero-order valence-electron chi connectivity index (χ0n) is 7.88. The Balaban J connectivity index is 3.03. The summed E-state index contributed by atoms with van der Waals surface area (Å²) in [4.78, 5) is 13.6. The molecule has 0 aliphatic carbocycles. The van der Waals surface area contributed by atoms with Gasteiger partial charge in [0.05, 0.1) is 5.56 Å². The molecule has 0 aliphatic heterocycles. The zero-order chi connectivity index (χ0) is 12.2. The van der Waals surface area contributed by atoms with Crippen LogP contribution < -0.4 is 0 Å². The first-order valence-corrected chi connectivity index (χ1v) is 4.14. The molecule has 0 saturated carbocycles. The van der Waals surface area contributed by atoms with Gasteiger partial charge in [-0.25, -0.2) is 4.98 Å². The van der Waals surface area contributed by atoms with Crippen molar-refractivity contribution >= 4 is 5.97 Å². The van der Waals surface area contributed by atoms with Gasteiger partial charge in [-0.2, -0.15) is 13.2 Å². The van der Waals surface area contributed by atoms with Crippen molar-refractivity contribution in [2.24, 2.45) is 0 Å². The van der Waals surface area contributed by atoms with Gasteiger partial charge in [-0.15, -0.1) is 0 Å². The van der Waals surface area contributed by atoms with Crippen LogP contribution in [0.5, 0.6) is 0 Å². The summed E-state index contributed by atoms with van der Waals surface area (Å²) in [5.41, 5.74) is -1.43. The van der Waals surface area contributed by atoms with E-state index < -0.39 is 29.8 Å². The second kappa shape index (κ2) is 4.66. The van der Waals surface area contributed by atoms with Crippen LogP contribution >= 0.6 is 0 Å². The lowest BCUT2D eigenvalue weighted by atomic mass is 10.2. The Morgan fingerprint density at radius 3 is 2.75 bits per heavy atom. The fourth-order valence-electron chi connectivity index (χ4n) is 0.937. The minimum absolute atomic E-state index is 0.462. The Morgan fingerprint density at radius 2 is 2.19 bits per heavy atom. The summed E-state index contributed by atoms with van der Waals surface area (Å²) in [6.07, 6.45) is -3.89. The molecule has 6 heteroatoms. The van der Waals surface area contributed by atoms with Crippen molar-refractivity contribution in [3.63, 3.8) is 0 Å². The highest BCUT2D eigenvalue weighted by Gasteiger charge is 2.33. The Morgan fingerprint density at radius 1 is 1.50 bits per heavy atom. The second-order valence-corrected chi connectivity index (χ2v) is 2.77. The molecule has 0 saturated heterocycles. The standard InChI is InChI=1S/C10H6F3NO2/c11-10(12,13)7-3-2-6-14-8(7)4-1-5-9(15)16/h2-3,6H,5H2,(H,15,16). The van der Waals surface area contributed by atoms with E-state index in [0.29, 0.717) is 0 Å². The van der Waals surface area contributed by atoms with Crippen molar-refractivity contribution in [3.8, 4) is 11.8 Å². The van der Waals surface area contributed by atoms with Gasteiger partial charge in [0.25, 0.3) is 0 Å². The van der Waals surface area contributed by atoms with E-state index in [2.05, 4.69) is 16.8 Å². The molecule has 1 aromatic heterocycles. The number of carbonyl (C=O) groups is 1. The molecule has 0 aromatic carbocycles. The van der Waals surface area contributed by atoms with Gasteiger partial charge in [0.15, 0.2) is 0 Å². The molecule has 0 spiro atoms. The summed E-state index contributed by atoms with van der Waals surface area (Å²) >= 11 is 0. The van der Waals surface area contributed by atoms with Crippen LogP contribution in [0, 0.1) is 11.8 Å². The van der Waals surface area contributed by atoms with Gasteiger partial charge in [-0.05, 0) is 18.1 Å². The van der Waals surface area contributed by atoms with E-state index >= 15 is 0 Å². The first-order chi connectivity index (χ1) is 7.41. The van der Waals surface area contributed by atoms with Crippen molar-refractivity contribution in [1.82, 2.24) is 4.98 Å². The van der Waals surface area contributed by atoms with E-state index in [0.717, 1.165) is 12.1 Å². The van der Waals surface area contributed by atoms with Crippen LogP contribution in [0.2, 0.25) is 0 Å². The third kappa shape index (κ3) is 3.28. The van der Waals surface area contributed by atoms with Gasteiger partial charge >= 0.3 is 12.1 Å². The number of nitrogens with zero attached hydrogens (tertiary/aromatic N) is 1. The number of rotatable bonds is 1. The lowest BCUT2D eigenvalue weighted by molar-refractivity contribution is -0.138. The van der Waals surface area contributed by atoms with E-state index in [-0.39, 0.29) is 0 Å². The molecule has 1 aromatic rings. The number of carboxylic acids is 1. The fourth-order valence-corrected chi connectivity index (χ4v) is 0.937. The van der Waals surface area contributed by atoms with Crippen molar-refractivity contribution in [1.29, 1.82) is 0 Å². The van der Waals surface area contributed by atoms with Crippen molar-refractivity contribution in [2.75, 3.05) is 0 Å². The largest absolute Gasteiger partial charge is 0.481 e. The van der Waals surface area contributed by atoms with Crippen molar-refractivity contribution < 1.29 is 23.1 Å². The normalized spacial score (nSPS) is 10.4. The number of aromatic nitrogens is 1. The highest BCUT2D eigenvalue weighted by molar-refractivity contribution is 5.70. The van der Waals surface area contributed by atoms with E-state index in [1.165, 1.54) is 6.20 Å². The van der Waals surface area contributed by atoms with Crippen LogP contribution in [0.4, 0.5) is 13.2 Å². The van der Waals surface area contributed by atoms with E-state index in [1.54, 1.807) is 0 Å². The summed E-state index contributed by atoms with van der Waals surface area (Å²) in [6.45, 7) is 0. The monoisotopic (exact) mass is 229 g/mol. The molecule has 0 bridgehead atoms. The van der Waals surface area contributed by atoms with Gasteiger partial charge in [0, 0.05) is 6.20 Å². The molecule has 0 amide bonds. The Bertz CT molecular complexity index is 457. The third-order valence-corrected chi connectivity index (χ3v) is 1.56. The van der Waals surface area contributed by atoms with Crippen LogP contribution in [-0.2, 0) is 11.0 Å². The number of pyridine rings is 1. The maximum atomic E-state index is 12.4. The van der Waals surface area contributed by atoms with Crippen LogP contribution in [-0.4, -0.2) is 16.1 Å². The topological polar surface area (TPSA) is 50.2 Å². The number of hydrogen-bond acceptors (Lipinski definition) is 2. The minimum Gasteiger partial charge on any atom is -0.481 e. The van der Waals surface area contributed by atoms with E-state index in [4.69, 9.17) is 5.11 Å². The SMILES string of the molecule is O=C(O)CC#Cc1ncccc1C(F)(F)F. The van der Waals surface area contributed by atoms with Crippen molar-refractivity contribution in [3.05, 3.63) is 29.6 Å². The highest BCUT2D eigenvalue weighted by atomic mass is 19.4. The summed E-state index contributed by atoms with van der Waals surface area (Å²) in [5.74, 6) is 2.99. The first kappa shape index (κ1) is 12.0. The minimum atomic E-state index is -4.54. The molecule has 3 nitrogen and oxygen atoms in total. The van der Waals surface area contributed by atoms with Gasteiger partial charge in [0.1, 0.15) is 12.1 Å². The molecule has 0 fully saturated rings. The number of halogens is 3. The van der Waals surface area contributed by atoms with Gasteiger partial charge < -0.3 is 5.11 Å². The molecular formula is C10H6F3NO2. The number of alkyl halides is 3. The van der Waals surface area contributed by atoms with Crippen LogP contribution in [0.25, 0.3) is 0 Å². The Labute approximate surface area is 88.9 Å². The molecule has 0 aliphatic rings. The fraction of sp³-hybridized carbons (Fsp3) is 0.200. The first-order valence-electron chi connectivity index (χ1n) is 4.14. The predicted molar refractivity (Wildman–Crippen MR) is 48.4 cm³/mol. The summed E-state index contributed by atoms with van der Waals surface area (Å²) < 4.78 is 37.2. The number of hydrogen-bond donors (Lipinski definition) is 1. The smallest absolute Gasteiger partial charge is 0.419 e. The lowest BCUT2D eigenvalue weighted by Crippen LogP contribution is -2.08. The summed E-state index contributed by atoms with van der Waals surface area (Å²) in [7, 11) is 0. The molecular weight excluding hydrogens is 223 g/mol. The summed E-state index contributed by atoms with van der Waals surface area (Å²) in [6, 6.07) is 1.99. The maximum absolute atomic E-state index is 12.4. The average Bonchev–Trinajstić information content (AvgIpc) is 2.16. The summed E-state index contributed by atoms with van der Waals surface area (Å²) in [5, 5.41) is 8.28. The van der Waals surface area contributed by atoms with E-state index in [1.807, 2.05) is 0 Å². The molecule has 0 unspecified atom stereocenters. The Kier molecular flexibility index (Phi) is 3.51. The Hall–Kier alpha value is -2.03. The lowest BCUT2D eigenvalue weighted by Gasteiger charge is -2.06. The average molecular weight is 229 g/mol. The predicted octanol–water partition coefficient (Wildman–Crippen LogP) is 1.93. The molecule has 16 heavy (non-hydrogen) atoms. The molecule has 1 N–H and O–H groups in total. The maximum Gasteiger partial charge on any atom is 0.419 e. The number of aliphatic carboxylic acids is 1. The highest BCUT2D eigenvalue weighted by Crippen LogP contribution is 2.30. The molecule has 0 atom stereocenters. The zero-order valence-corrected chi connectivity index (χ0v) is 7.88. The van der Waals surface area contributed by atoms with Crippen LogP contribution in [0.3, 0.4) is 0 Å². The van der Waals surface area contributed by atoms with Crippen LogP contribution in [0.1, 0.15) is 17.7 Å². The van der Waals surface area contributed by atoms with Gasteiger partial charge in [-0.3, -0.25) is 4.79 Å². The number of carboxylic acid groups (broad SMARTS) is 1. The quantitative estimate of drug-likeness (QED) is 0.748. The molecule has 1 rings (SSSR count). The third-order valence-electron chi connectivity index (χ3n) is 1.56. The molecule has 1 heterocycles. The van der Waals surface area contributed by atoms with E-state index in [9.17, 15) is 18.0 Å². The van der Waals surface area contributed by atoms with Gasteiger partial charge in [-0.1, -0.05) is 5.92 Å². The van der Waals surface area contributed by atoms with Crippen molar-refractivity contribution in [2.45, 2.75) is 12.6 Å². The molecule has 0 radical (unpaired) electrons. The van der Waals surface area contributed by atoms with Crippen LogP contribution in [0.15, 0.2) is 18.3 Å².